The number of halogens is 1. The summed E-state index contributed by atoms with van der Waals surface area (Å²) in [6, 6.07) is 4.82. The largest absolute Gasteiger partial charge is 0.374 e. The second-order valence-electron chi connectivity index (χ2n) is 5.81. The van der Waals surface area contributed by atoms with Crippen LogP contribution in [0.3, 0.4) is 0 Å². The molecule has 6 heteroatoms. The van der Waals surface area contributed by atoms with Crippen molar-refractivity contribution >= 4 is 29.4 Å². The Hall–Kier alpha value is -0.720. The van der Waals surface area contributed by atoms with Gasteiger partial charge < -0.3 is 10.1 Å². The van der Waals surface area contributed by atoms with E-state index in [1.165, 1.54) is 17.8 Å². The van der Waals surface area contributed by atoms with Gasteiger partial charge in [0, 0.05) is 23.3 Å². The predicted molar refractivity (Wildman–Crippen MR) is 89.3 cm³/mol. The summed E-state index contributed by atoms with van der Waals surface area (Å²) in [5.41, 5.74) is 0.0784. The van der Waals surface area contributed by atoms with Crippen LogP contribution in [0.4, 0.5) is 4.39 Å². The van der Waals surface area contributed by atoms with Crippen molar-refractivity contribution in [3.8, 4) is 0 Å². The van der Waals surface area contributed by atoms with E-state index in [-0.39, 0.29) is 23.1 Å². The van der Waals surface area contributed by atoms with E-state index in [4.69, 9.17) is 4.74 Å². The zero-order chi connectivity index (χ0) is 15.6. The number of thioether (sulfide) groups is 2. The molecule has 3 nitrogen and oxygen atoms in total. The minimum atomic E-state index is -0.456. The average molecular weight is 341 g/mol. The van der Waals surface area contributed by atoms with Crippen LogP contribution < -0.4 is 5.32 Å². The normalized spacial score (nSPS) is 28.0. The van der Waals surface area contributed by atoms with Crippen molar-refractivity contribution < 1.29 is 13.9 Å². The molecule has 0 saturated carbocycles. The van der Waals surface area contributed by atoms with Crippen molar-refractivity contribution in [1.82, 2.24) is 5.32 Å². The van der Waals surface area contributed by atoms with Crippen LogP contribution in [0, 0.1) is 5.82 Å². The third-order valence-electron chi connectivity index (χ3n) is 4.32. The van der Waals surface area contributed by atoms with Gasteiger partial charge in [-0.1, -0.05) is 6.07 Å². The van der Waals surface area contributed by atoms with Crippen LogP contribution in [-0.4, -0.2) is 41.9 Å². The molecule has 0 radical (unpaired) electrons. The van der Waals surface area contributed by atoms with Crippen LogP contribution in [0.1, 0.15) is 29.6 Å². The Morgan fingerprint density at radius 3 is 3.14 bits per heavy atom. The Morgan fingerprint density at radius 2 is 2.41 bits per heavy atom. The van der Waals surface area contributed by atoms with E-state index in [0.717, 1.165) is 30.8 Å². The lowest BCUT2D eigenvalue weighted by Gasteiger charge is -2.38. The number of hydrogen-bond donors (Lipinski definition) is 1. The van der Waals surface area contributed by atoms with E-state index >= 15 is 0 Å². The number of benzene rings is 1. The maximum atomic E-state index is 14.0. The summed E-state index contributed by atoms with van der Waals surface area (Å²) in [6.07, 6.45) is 4.51. The fourth-order valence-corrected chi connectivity index (χ4v) is 5.15. The summed E-state index contributed by atoms with van der Waals surface area (Å²) in [6.45, 7) is 0.665. The highest BCUT2D eigenvalue weighted by Crippen LogP contribution is 2.38. The standard InChI is InChI=1S/C16H20FNO2S2/c1-21-13-4-2-3-12(17)14(13)15(19)18-11-5-7-20-16(9-11)6-8-22-10-16/h2-4,11H,5-10H2,1H3,(H,18,19)/t11-,16+/m1/s1. The van der Waals surface area contributed by atoms with E-state index in [0.29, 0.717) is 11.5 Å². The number of carbonyl (C=O) groups excluding carboxylic acids is 1. The van der Waals surface area contributed by atoms with Gasteiger partial charge in [0.1, 0.15) is 5.82 Å². The molecule has 1 spiro atoms. The maximum absolute atomic E-state index is 14.0. The zero-order valence-corrected chi connectivity index (χ0v) is 14.2. The summed E-state index contributed by atoms with van der Waals surface area (Å²) in [4.78, 5) is 13.2. The van der Waals surface area contributed by atoms with Gasteiger partial charge in [-0.15, -0.1) is 11.8 Å². The first-order valence-electron chi connectivity index (χ1n) is 7.49. The van der Waals surface area contributed by atoms with Crippen LogP contribution in [0.2, 0.25) is 0 Å². The molecule has 22 heavy (non-hydrogen) atoms. The lowest BCUT2D eigenvalue weighted by atomic mass is 9.89. The molecule has 1 aromatic carbocycles. The van der Waals surface area contributed by atoms with Gasteiger partial charge in [0.25, 0.3) is 5.91 Å². The average Bonchev–Trinajstić information content (AvgIpc) is 2.94. The Kier molecular flexibility index (Phi) is 5.00. The third-order valence-corrected chi connectivity index (χ3v) is 6.32. The second kappa shape index (κ2) is 6.81. The topological polar surface area (TPSA) is 38.3 Å². The van der Waals surface area contributed by atoms with Gasteiger partial charge in [-0.05, 0) is 43.4 Å². The Balaban J connectivity index is 1.72. The molecule has 2 heterocycles. The quantitative estimate of drug-likeness (QED) is 0.856. The molecule has 3 rings (SSSR count). The number of hydrogen-bond acceptors (Lipinski definition) is 4. The molecule has 2 fully saturated rings. The Morgan fingerprint density at radius 1 is 1.55 bits per heavy atom. The minimum absolute atomic E-state index is 0.0641. The van der Waals surface area contributed by atoms with E-state index < -0.39 is 5.82 Å². The van der Waals surface area contributed by atoms with Crippen LogP contribution >= 0.6 is 23.5 Å². The number of amides is 1. The number of carbonyl (C=O) groups is 1. The summed E-state index contributed by atoms with van der Waals surface area (Å²) in [5.74, 6) is 1.34. The predicted octanol–water partition coefficient (Wildman–Crippen LogP) is 3.33. The first-order valence-corrected chi connectivity index (χ1v) is 9.86. The Labute approximate surface area is 138 Å². The van der Waals surface area contributed by atoms with Gasteiger partial charge in [-0.3, -0.25) is 4.79 Å². The van der Waals surface area contributed by atoms with E-state index in [1.807, 2.05) is 18.0 Å². The van der Waals surface area contributed by atoms with Crippen molar-refractivity contribution in [2.45, 2.75) is 35.8 Å². The fourth-order valence-electron chi connectivity index (χ4n) is 3.17. The highest BCUT2D eigenvalue weighted by Gasteiger charge is 2.41. The molecule has 2 saturated heterocycles. The Bertz CT molecular complexity index is 561. The van der Waals surface area contributed by atoms with Crippen LogP contribution in [0.15, 0.2) is 23.1 Å². The summed E-state index contributed by atoms with van der Waals surface area (Å²) < 4.78 is 20.0. The smallest absolute Gasteiger partial charge is 0.255 e. The molecule has 0 unspecified atom stereocenters. The first-order chi connectivity index (χ1) is 10.6. The van der Waals surface area contributed by atoms with Gasteiger partial charge in [0.05, 0.1) is 11.2 Å². The number of ether oxygens (including phenoxy) is 1. The third kappa shape index (κ3) is 3.29. The molecular formula is C16H20FNO2S2. The van der Waals surface area contributed by atoms with Crippen molar-refractivity contribution in [3.05, 3.63) is 29.6 Å². The molecule has 1 N–H and O–H groups in total. The van der Waals surface area contributed by atoms with Crippen LogP contribution in [0.5, 0.6) is 0 Å². The van der Waals surface area contributed by atoms with Crippen LogP contribution in [0.25, 0.3) is 0 Å². The van der Waals surface area contributed by atoms with Gasteiger partial charge >= 0.3 is 0 Å². The van der Waals surface area contributed by atoms with Crippen molar-refractivity contribution in [3.63, 3.8) is 0 Å². The molecule has 1 aromatic rings. The van der Waals surface area contributed by atoms with Crippen molar-refractivity contribution in [1.29, 1.82) is 0 Å². The lowest BCUT2D eigenvalue weighted by Crippen LogP contribution is -2.48. The van der Waals surface area contributed by atoms with Crippen LogP contribution in [-0.2, 0) is 4.74 Å². The highest BCUT2D eigenvalue weighted by molar-refractivity contribution is 7.99. The first kappa shape index (κ1) is 16.1. The van der Waals surface area contributed by atoms with Crippen molar-refractivity contribution in [2.24, 2.45) is 0 Å². The summed E-state index contributed by atoms with van der Waals surface area (Å²) >= 11 is 3.29. The molecule has 120 valence electrons. The molecule has 2 aliphatic heterocycles. The molecular weight excluding hydrogens is 321 g/mol. The molecule has 0 bridgehead atoms. The monoisotopic (exact) mass is 341 g/mol. The fraction of sp³-hybridized carbons (Fsp3) is 0.562. The SMILES string of the molecule is CSc1cccc(F)c1C(=O)N[C@@H]1CCO[C@@]2(CCSC2)C1. The summed E-state index contributed by atoms with van der Waals surface area (Å²) in [5, 5.41) is 3.02. The van der Waals surface area contributed by atoms with Gasteiger partial charge in [-0.25, -0.2) is 4.39 Å². The molecule has 2 atom stereocenters. The van der Waals surface area contributed by atoms with Crippen molar-refractivity contribution in [2.75, 3.05) is 24.4 Å². The van der Waals surface area contributed by atoms with Gasteiger partial charge in [0.2, 0.25) is 0 Å². The molecule has 2 aliphatic rings. The second-order valence-corrected chi connectivity index (χ2v) is 7.77. The molecule has 0 aliphatic carbocycles. The van der Waals surface area contributed by atoms with E-state index in [9.17, 15) is 9.18 Å². The zero-order valence-electron chi connectivity index (χ0n) is 12.6. The number of nitrogens with one attached hydrogen (secondary N) is 1. The molecule has 0 aromatic heterocycles. The lowest BCUT2D eigenvalue weighted by molar-refractivity contribution is -0.0688. The molecule has 1 amide bonds. The minimum Gasteiger partial charge on any atom is -0.374 e. The number of rotatable bonds is 3. The van der Waals surface area contributed by atoms with Gasteiger partial charge in [-0.2, -0.15) is 11.8 Å². The van der Waals surface area contributed by atoms with E-state index in [2.05, 4.69) is 5.32 Å². The summed E-state index contributed by atoms with van der Waals surface area (Å²) in [7, 11) is 0. The van der Waals surface area contributed by atoms with E-state index in [1.54, 1.807) is 12.1 Å². The van der Waals surface area contributed by atoms with Gasteiger partial charge in [0.15, 0.2) is 0 Å². The maximum Gasteiger partial charge on any atom is 0.255 e. The highest BCUT2D eigenvalue weighted by atomic mass is 32.2.